The van der Waals surface area contributed by atoms with Gasteiger partial charge in [0.25, 0.3) is 0 Å². The Morgan fingerprint density at radius 2 is 1.78 bits per heavy atom. The van der Waals surface area contributed by atoms with Gasteiger partial charge in [-0.1, -0.05) is 76.6 Å². The number of nitrogens with zero attached hydrogens (tertiary/aromatic N) is 1. The Hall–Kier alpha value is -3.70. The fraction of sp³-hybridized carbons (Fsp3) is 0.156. The summed E-state index contributed by atoms with van der Waals surface area (Å²) in [5, 5.41) is 3.78. The maximum absolute atomic E-state index is 14.0. The first-order chi connectivity index (χ1) is 18.2. The molecule has 1 aliphatic carbocycles. The second-order valence-corrected chi connectivity index (χ2v) is 10.4. The number of allylic oxidation sites excluding steroid dienone is 2. The standard InChI is InChI=1S/C32H26BrFN2O/c33-24-14-17-31(37-20-22-6-1-3-10-29(22)34)23(18-24)19-35-25-15-12-21(13-16-25)32-28-9-5-8-26(28)27-7-2-4-11-30(27)36-32/h1-8,10-19,26,28,32,36H,9,20H2/t26-,28-,32+/m1/s1. The van der Waals surface area contributed by atoms with Gasteiger partial charge in [0, 0.05) is 33.4 Å². The molecule has 184 valence electrons. The molecule has 0 unspecified atom stereocenters. The van der Waals surface area contributed by atoms with Crippen LogP contribution < -0.4 is 10.1 Å². The number of aliphatic imine (C=N–C) groups is 1. The Morgan fingerprint density at radius 1 is 0.973 bits per heavy atom. The zero-order valence-electron chi connectivity index (χ0n) is 20.1. The van der Waals surface area contributed by atoms with Gasteiger partial charge in [0.15, 0.2) is 0 Å². The van der Waals surface area contributed by atoms with Gasteiger partial charge in [0.05, 0.1) is 11.7 Å². The number of benzene rings is 4. The minimum Gasteiger partial charge on any atom is -0.488 e. The van der Waals surface area contributed by atoms with Crippen molar-refractivity contribution >= 4 is 33.5 Å². The Balaban J connectivity index is 1.19. The highest BCUT2D eigenvalue weighted by Gasteiger charge is 2.37. The molecule has 0 bridgehead atoms. The average molecular weight is 553 g/mol. The highest BCUT2D eigenvalue weighted by molar-refractivity contribution is 9.10. The van der Waals surface area contributed by atoms with E-state index in [9.17, 15) is 4.39 Å². The molecule has 5 heteroatoms. The number of hydrogen-bond donors (Lipinski definition) is 1. The van der Waals surface area contributed by atoms with Crippen molar-refractivity contribution in [2.24, 2.45) is 10.9 Å². The van der Waals surface area contributed by atoms with Crippen molar-refractivity contribution in [3.8, 4) is 5.75 Å². The molecule has 0 saturated carbocycles. The summed E-state index contributed by atoms with van der Waals surface area (Å²) in [6, 6.07) is 29.7. The molecule has 4 aromatic rings. The van der Waals surface area contributed by atoms with Crippen molar-refractivity contribution < 1.29 is 9.13 Å². The van der Waals surface area contributed by atoms with Gasteiger partial charge in [-0.3, -0.25) is 4.99 Å². The predicted octanol–water partition coefficient (Wildman–Crippen LogP) is 8.74. The van der Waals surface area contributed by atoms with Crippen molar-refractivity contribution in [2.45, 2.75) is 25.0 Å². The Morgan fingerprint density at radius 3 is 2.65 bits per heavy atom. The van der Waals surface area contributed by atoms with Crippen molar-refractivity contribution in [3.05, 3.63) is 136 Å². The maximum atomic E-state index is 14.0. The summed E-state index contributed by atoms with van der Waals surface area (Å²) < 4.78 is 20.9. The monoisotopic (exact) mass is 552 g/mol. The summed E-state index contributed by atoms with van der Waals surface area (Å²) in [4.78, 5) is 4.71. The first-order valence-electron chi connectivity index (χ1n) is 12.5. The van der Waals surface area contributed by atoms with E-state index in [1.807, 2.05) is 18.2 Å². The zero-order chi connectivity index (χ0) is 25.2. The molecule has 0 spiro atoms. The largest absolute Gasteiger partial charge is 0.488 e. The number of anilines is 1. The number of rotatable bonds is 6. The number of para-hydroxylation sites is 1. The van der Waals surface area contributed by atoms with E-state index in [1.165, 1.54) is 22.9 Å². The van der Waals surface area contributed by atoms with Crippen LogP contribution in [0.15, 0.2) is 113 Å². The van der Waals surface area contributed by atoms with E-state index in [4.69, 9.17) is 9.73 Å². The molecule has 0 amide bonds. The summed E-state index contributed by atoms with van der Waals surface area (Å²) in [5.41, 5.74) is 6.08. The molecule has 0 saturated heterocycles. The highest BCUT2D eigenvalue weighted by atomic mass is 79.9. The van der Waals surface area contributed by atoms with E-state index in [1.54, 1.807) is 24.4 Å². The molecule has 1 aliphatic heterocycles. The molecule has 4 aromatic carbocycles. The Kier molecular flexibility index (Phi) is 6.62. The number of halogens is 2. The van der Waals surface area contributed by atoms with E-state index in [0.717, 1.165) is 22.1 Å². The van der Waals surface area contributed by atoms with Crippen LogP contribution in [0.4, 0.5) is 15.8 Å². The van der Waals surface area contributed by atoms with Gasteiger partial charge in [0.2, 0.25) is 0 Å². The number of nitrogens with one attached hydrogen (secondary N) is 1. The second kappa shape index (κ2) is 10.3. The quantitative estimate of drug-likeness (QED) is 0.191. The fourth-order valence-electron chi connectivity index (χ4n) is 5.31. The fourth-order valence-corrected chi connectivity index (χ4v) is 5.69. The molecule has 37 heavy (non-hydrogen) atoms. The maximum Gasteiger partial charge on any atom is 0.129 e. The summed E-state index contributed by atoms with van der Waals surface area (Å²) in [5.74, 6) is 1.35. The Labute approximate surface area is 224 Å². The first-order valence-corrected chi connectivity index (χ1v) is 13.3. The molecule has 1 N–H and O–H groups in total. The molecule has 0 fully saturated rings. The number of hydrogen-bond acceptors (Lipinski definition) is 3. The second-order valence-electron chi connectivity index (χ2n) is 9.47. The SMILES string of the molecule is Fc1ccccc1COc1ccc(Br)cc1C=Nc1ccc([C@@H]2Nc3ccccc3[C@H]3C=CC[C@H]32)cc1. The summed E-state index contributed by atoms with van der Waals surface area (Å²) in [7, 11) is 0. The lowest BCUT2D eigenvalue weighted by atomic mass is 9.77. The van der Waals surface area contributed by atoms with Crippen LogP contribution in [0.2, 0.25) is 0 Å². The molecule has 1 heterocycles. The van der Waals surface area contributed by atoms with Crippen LogP contribution in [-0.2, 0) is 6.61 Å². The van der Waals surface area contributed by atoms with E-state index in [0.29, 0.717) is 23.1 Å². The molecule has 2 aliphatic rings. The van der Waals surface area contributed by atoms with Crippen LogP contribution in [-0.4, -0.2) is 6.21 Å². The lowest BCUT2D eigenvalue weighted by Gasteiger charge is -2.37. The molecule has 3 atom stereocenters. The van der Waals surface area contributed by atoms with Crippen LogP contribution in [0.25, 0.3) is 0 Å². The summed E-state index contributed by atoms with van der Waals surface area (Å²) in [6.07, 6.45) is 7.55. The van der Waals surface area contributed by atoms with E-state index in [-0.39, 0.29) is 18.5 Å². The minimum atomic E-state index is -0.273. The lowest BCUT2D eigenvalue weighted by molar-refractivity contribution is 0.299. The molecular weight excluding hydrogens is 527 g/mol. The predicted molar refractivity (Wildman–Crippen MR) is 151 cm³/mol. The third-order valence-corrected chi connectivity index (χ3v) is 7.68. The normalized spacial score (nSPS) is 19.9. The van der Waals surface area contributed by atoms with Crippen LogP contribution in [0, 0.1) is 11.7 Å². The summed E-state index contributed by atoms with van der Waals surface area (Å²) >= 11 is 3.53. The van der Waals surface area contributed by atoms with Gasteiger partial charge in [-0.05, 0) is 65.9 Å². The smallest absolute Gasteiger partial charge is 0.129 e. The van der Waals surface area contributed by atoms with Crippen LogP contribution in [0.3, 0.4) is 0 Å². The van der Waals surface area contributed by atoms with E-state index >= 15 is 0 Å². The molecule has 3 nitrogen and oxygen atoms in total. The lowest BCUT2D eigenvalue weighted by Crippen LogP contribution is -2.28. The first kappa shape index (κ1) is 23.7. The Bertz CT molecular complexity index is 1480. The molecular formula is C32H26BrFN2O. The molecule has 6 rings (SSSR count). The van der Waals surface area contributed by atoms with Gasteiger partial charge in [-0.15, -0.1) is 0 Å². The van der Waals surface area contributed by atoms with Gasteiger partial charge in [-0.2, -0.15) is 0 Å². The van der Waals surface area contributed by atoms with E-state index in [2.05, 4.69) is 81.9 Å². The minimum absolute atomic E-state index is 0.151. The van der Waals surface area contributed by atoms with Gasteiger partial charge < -0.3 is 10.1 Å². The van der Waals surface area contributed by atoms with Gasteiger partial charge in [0.1, 0.15) is 18.2 Å². The zero-order valence-corrected chi connectivity index (χ0v) is 21.7. The third kappa shape index (κ3) is 4.96. The van der Waals surface area contributed by atoms with Gasteiger partial charge >= 0.3 is 0 Å². The molecule has 0 radical (unpaired) electrons. The van der Waals surface area contributed by atoms with Gasteiger partial charge in [-0.25, -0.2) is 4.39 Å². The van der Waals surface area contributed by atoms with Crippen LogP contribution in [0.1, 0.15) is 40.6 Å². The van der Waals surface area contributed by atoms with E-state index < -0.39 is 0 Å². The molecule has 0 aromatic heterocycles. The van der Waals surface area contributed by atoms with Crippen molar-refractivity contribution in [1.29, 1.82) is 0 Å². The van der Waals surface area contributed by atoms with Crippen LogP contribution in [0.5, 0.6) is 5.75 Å². The van der Waals surface area contributed by atoms with Crippen molar-refractivity contribution in [2.75, 3.05) is 5.32 Å². The number of ether oxygens (including phenoxy) is 1. The topological polar surface area (TPSA) is 33.6 Å². The van der Waals surface area contributed by atoms with Crippen molar-refractivity contribution in [3.63, 3.8) is 0 Å². The third-order valence-electron chi connectivity index (χ3n) is 7.19. The average Bonchev–Trinajstić information content (AvgIpc) is 3.43. The summed E-state index contributed by atoms with van der Waals surface area (Å²) in [6.45, 7) is 0.151. The van der Waals surface area contributed by atoms with Crippen molar-refractivity contribution in [1.82, 2.24) is 0 Å². The highest BCUT2D eigenvalue weighted by Crippen LogP contribution is 2.49. The van der Waals surface area contributed by atoms with Crippen LogP contribution >= 0.6 is 15.9 Å². The number of fused-ring (bicyclic) bond motifs is 3.